The predicted octanol–water partition coefficient (Wildman–Crippen LogP) is 5.76. The molecule has 0 fully saturated rings. The summed E-state index contributed by atoms with van der Waals surface area (Å²) in [5.41, 5.74) is 3.54. The highest BCUT2D eigenvalue weighted by molar-refractivity contribution is 8.00. The van der Waals surface area contributed by atoms with Crippen LogP contribution in [0.5, 0.6) is 11.5 Å². The number of methoxy groups -OCH3 is 2. The molecule has 0 aliphatic carbocycles. The summed E-state index contributed by atoms with van der Waals surface area (Å²) in [7, 11) is 3.00. The number of para-hydroxylation sites is 2. The number of amides is 1. The molecule has 34 heavy (non-hydrogen) atoms. The van der Waals surface area contributed by atoms with Crippen LogP contribution in [0.15, 0.2) is 65.7 Å². The van der Waals surface area contributed by atoms with Crippen molar-refractivity contribution in [1.29, 1.82) is 0 Å². The highest BCUT2D eigenvalue weighted by atomic mass is 35.5. The number of fused-ring (bicyclic) bond motifs is 1. The van der Waals surface area contributed by atoms with Gasteiger partial charge < -0.3 is 14.8 Å². The Hall–Kier alpha value is -3.36. The first-order valence-corrected chi connectivity index (χ1v) is 11.7. The van der Waals surface area contributed by atoms with Gasteiger partial charge in [-0.1, -0.05) is 47.6 Å². The van der Waals surface area contributed by atoms with E-state index in [0.717, 1.165) is 16.6 Å². The zero-order valence-electron chi connectivity index (χ0n) is 18.5. The maximum absolute atomic E-state index is 13.3. The van der Waals surface area contributed by atoms with Crippen molar-refractivity contribution >= 4 is 46.0 Å². The van der Waals surface area contributed by atoms with Crippen LogP contribution in [0.4, 0.5) is 10.1 Å². The molecule has 6 nitrogen and oxygen atoms in total. The van der Waals surface area contributed by atoms with Crippen molar-refractivity contribution in [3.8, 4) is 11.5 Å². The molecule has 1 amide bonds. The van der Waals surface area contributed by atoms with Gasteiger partial charge in [-0.25, -0.2) is 14.4 Å². The monoisotopic (exact) mass is 497 g/mol. The summed E-state index contributed by atoms with van der Waals surface area (Å²) in [6.07, 6.45) is 0.462. The van der Waals surface area contributed by atoms with E-state index in [2.05, 4.69) is 5.32 Å². The van der Waals surface area contributed by atoms with E-state index < -0.39 is 0 Å². The third-order valence-corrected chi connectivity index (χ3v) is 6.28. The van der Waals surface area contributed by atoms with E-state index >= 15 is 0 Å². The topological polar surface area (TPSA) is 73.3 Å². The molecule has 174 valence electrons. The number of thioether (sulfide) groups is 1. The normalized spacial score (nSPS) is 10.8. The molecular weight excluding hydrogens is 477 g/mol. The van der Waals surface area contributed by atoms with E-state index in [-0.39, 0.29) is 17.5 Å². The number of halogens is 2. The average molecular weight is 498 g/mol. The van der Waals surface area contributed by atoms with Crippen LogP contribution in [-0.2, 0) is 11.2 Å². The number of rotatable bonds is 8. The number of nitrogens with one attached hydrogen (secondary N) is 1. The Kier molecular flexibility index (Phi) is 7.49. The van der Waals surface area contributed by atoms with Crippen LogP contribution >= 0.6 is 23.4 Å². The molecule has 0 aliphatic rings. The fourth-order valence-corrected chi connectivity index (χ4v) is 4.35. The summed E-state index contributed by atoms with van der Waals surface area (Å²) in [6.45, 7) is 0. The number of carbonyl (C=O) groups is 1. The minimum Gasteiger partial charge on any atom is -0.495 e. The van der Waals surface area contributed by atoms with Gasteiger partial charge in [-0.3, -0.25) is 4.79 Å². The van der Waals surface area contributed by atoms with Crippen molar-refractivity contribution in [2.45, 2.75) is 11.4 Å². The minimum absolute atomic E-state index is 0.0935. The largest absolute Gasteiger partial charge is 0.495 e. The lowest BCUT2D eigenvalue weighted by molar-refractivity contribution is -0.113. The van der Waals surface area contributed by atoms with Gasteiger partial charge in [0.1, 0.15) is 22.3 Å². The minimum atomic E-state index is -0.298. The summed E-state index contributed by atoms with van der Waals surface area (Å²) in [4.78, 5) is 22.2. The quantitative estimate of drug-likeness (QED) is 0.312. The lowest BCUT2D eigenvalue weighted by Crippen LogP contribution is -2.15. The Morgan fingerprint density at radius 2 is 1.68 bits per heavy atom. The summed E-state index contributed by atoms with van der Waals surface area (Å²) >= 11 is 7.48. The van der Waals surface area contributed by atoms with Gasteiger partial charge in [-0.2, -0.15) is 0 Å². The van der Waals surface area contributed by atoms with Crippen molar-refractivity contribution in [3.05, 3.63) is 82.8 Å². The van der Waals surface area contributed by atoms with Crippen LogP contribution in [-0.4, -0.2) is 35.8 Å². The molecule has 0 saturated heterocycles. The number of anilines is 1. The van der Waals surface area contributed by atoms with Gasteiger partial charge in [0.25, 0.3) is 0 Å². The fourth-order valence-electron chi connectivity index (χ4n) is 3.32. The second-order valence-corrected chi connectivity index (χ2v) is 8.66. The maximum Gasteiger partial charge on any atom is 0.234 e. The predicted molar refractivity (Wildman–Crippen MR) is 133 cm³/mol. The summed E-state index contributed by atoms with van der Waals surface area (Å²) in [6, 6.07) is 17.0. The zero-order chi connectivity index (χ0) is 24.1. The van der Waals surface area contributed by atoms with Crippen LogP contribution in [0, 0.1) is 5.82 Å². The van der Waals surface area contributed by atoms with E-state index in [1.807, 2.05) is 24.3 Å². The highest BCUT2D eigenvalue weighted by Crippen LogP contribution is 2.36. The molecule has 0 radical (unpaired) electrons. The molecule has 0 unspecified atom stereocenters. The van der Waals surface area contributed by atoms with Crippen molar-refractivity contribution in [3.63, 3.8) is 0 Å². The number of hydrogen-bond acceptors (Lipinski definition) is 6. The number of nitrogens with zero attached hydrogens (tertiary/aromatic N) is 2. The van der Waals surface area contributed by atoms with E-state index in [0.29, 0.717) is 39.3 Å². The SMILES string of the molecule is COc1cc(OC)c(NC(=O)CSc2nc3ccccc3nc2Cc2ccc(F)cc2)cc1Cl. The lowest BCUT2D eigenvalue weighted by atomic mass is 10.1. The second kappa shape index (κ2) is 10.7. The Bertz CT molecular complexity index is 1340. The van der Waals surface area contributed by atoms with Gasteiger partial charge in [0.15, 0.2) is 0 Å². The van der Waals surface area contributed by atoms with E-state index in [9.17, 15) is 9.18 Å². The average Bonchev–Trinajstić information content (AvgIpc) is 2.84. The van der Waals surface area contributed by atoms with Crippen molar-refractivity contribution in [2.75, 3.05) is 25.3 Å². The smallest absolute Gasteiger partial charge is 0.234 e. The van der Waals surface area contributed by atoms with Crippen LogP contribution in [0.1, 0.15) is 11.3 Å². The standard InChI is InChI=1S/C25H21ClFN3O3S/c1-32-22-13-23(33-2)20(12-17(22)26)29-24(31)14-34-25-21(11-15-7-9-16(27)10-8-15)28-18-5-3-4-6-19(18)30-25/h3-10,12-13H,11,14H2,1-2H3,(H,29,31). The van der Waals surface area contributed by atoms with Gasteiger partial charge >= 0.3 is 0 Å². The van der Waals surface area contributed by atoms with Gasteiger partial charge in [-0.05, 0) is 35.9 Å². The maximum atomic E-state index is 13.3. The van der Waals surface area contributed by atoms with Crippen LogP contribution in [0.25, 0.3) is 11.0 Å². The number of carbonyl (C=O) groups excluding carboxylic acids is 1. The first-order valence-electron chi connectivity index (χ1n) is 10.3. The number of benzene rings is 3. The summed E-state index contributed by atoms with van der Waals surface area (Å²) < 4.78 is 23.9. The third kappa shape index (κ3) is 5.58. The molecule has 4 rings (SSSR count). The lowest BCUT2D eigenvalue weighted by Gasteiger charge is -2.13. The molecule has 0 atom stereocenters. The first kappa shape index (κ1) is 23.8. The fraction of sp³-hybridized carbons (Fsp3) is 0.160. The van der Waals surface area contributed by atoms with Gasteiger partial charge in [0.2, 0.25) is 5.91 Å². The van der Waals surface area contributed by atoms with Gasteiger partial charge in [0, 0.05) is 12.5 Å². The third-order valence-electron chi connectivity index (χ3n) is 4.98. The first-order chi connectivity index (χ1) is 16.5. The molecule has 1 heterocycles. The molecule has 3 aromatic carbocycles. The molecule has 1 aromatic heterocycles. The van der Waals surface area contributed by atoms with Crippen LogP contribution in [0.3, 0.4) is 0 Å². The second-order valence-electron chi connectivity index (χ2n) is 7.29. The molecule has 1 N–H and O–H groups in total. The molecule has 0 saturated carbocycles. The van der Waals surface area contributed by atoms with E-state index in [1.54, 1.807) is 24.3 Å². The highest BCUT2D eigenvalue weighted by Gasteiger charge is 2.16. The molecule has 9 heteroatoms. The number of ether oxygens (including phenoxy) is 2. The van der Waals surface area contributed by atoms with Crippen molar-refractivity contribution < 1.29 is 18.7 Å². The molecule has 0 bridgehead atoms. The molecule has 0 aliphatic heterocycles. The Morgan fingerprint density at radius 3 is 2.35 bits per heavy atom. The summed E-state index contributed by atoms with van der Waals surface area (Å²) in [5, 5.41) is 3.81. The van der Waals surface area contributed by atoms with Gasteiger partial charge in [0.05, 0.1) is 47.4 Å². The Balaban J connectivity index is 1.55. The molecule has 0 spiro atoms. The molecular formula is C25H21ClFN3O3S. The van der Waals surface area contributed by atoms with Crippen molar-refractivity contribution in [2.24, 2.45) is 0 Å². The summed E-state index contributed by atoms with van der Waals surface area (Å²) in [5.74, 6) is 0.418. The van der Waals surface area contributed by atoms with E-state index in [1.165, 1.54) is 38.1 Å². The van der Waals surface area contributed by atoms with Gasteiger partial charge in [-0.15, -0.1) is 0 Å². The van der Waals surface area contributed by atoms with E-state index in [4.69, 9.17) is 31.0 Å². The molecule has 4 aromatic rings. The Morgan fingerprint density at radius 1 is 1.00 bits per heavy atom. The number of hydrogen-bond donors (Lipinski definition) is 1. The zero-order valence-corrected chi connectivity index (χ0v) is 20.0. The van der Waals surface area contributed by atoms with Crippen molar-refractivity contribution in [1.82, 2.24) is 9.97 Å². The van der Waals surface area contributed by atoms with Crippen LogP contribution in [0.2, 0.25) is 5.02 Å². The Labute approximate surface area is 205 Å². The number of aromatic nitrogens is 2. The van der Waals surface area contributed by atoms with Crippen LogP contribution < -0.4 is 14.8 Å².